The van der Waals surface area contributed by atoms with Gasteiger partial charge in [0, 0.05) is 10.6 Å². The summed E-state index contributed by atoms with van der Waals surface area (Å²) in [6.45, 7) is 2.32. The third-order valence-electron chi connectivity index (χ3n) is 2.68. The summed E-state index contributed by atoms with van der Waals surface area (Å²) >= 11 is 5.85. The molecule has 4 nitrogen and oxygen atoms in total. The van der Waals surface area contributed by atoms with Crippen LogP contribution in [-0.4, -0.2) is 15.0 Å². The maximum Gasteiger partial charge on any atom is 0.169 e. The molecule has 96 valence electrons. The van der Waals surface area contributed by atoms with E-state index in [1.165, 1.54) is 12.1 Å². The van der Waals surface area contributed by atoms with Gasteiger partial charge in [0.2, 0.25) is 0 Å². The molecular weight excluding hydrogens is 255 g/mol. The molecule has 1 aromatic heterocycles. The molecular formula is C12H14ClFN4. The highest BCUT2D eigenvalue weighted by molar-refractivity contribution is 6.30. The van der Waals surface area contributed by atoms with Gasteiger partial charge in [0.15, 0.2) is 5.82 Å². The Morgan fingerprint density at radius 1 is 1.44 bits per heavy atom. The molecule has 6 heteroatoms. The van der Waals surface area contributed by atoms with Gasteiger partial charge in [-0.05, 0) is 24.6 Å². The lowest BCUT2D eigenvalue weighted by molar-refractivity contribution is 0.564. The van der Waals surface area contributed by atoms with E-state index in [1.807, 2.05) is 6.92 Å². The van der Waals surface area contributed by atoms with Gasteiger partial charge < -0.3 is 5.73 Å². The zero-order valence-corrected chi connectivity index (χ0v) is 10.8. The lowest BCUT2D eigenvalue weighted by Gasteiger charge is -2.07. The van der Waals surface area contributed by atoms with Crippen molar-refractivity contribution in [2.75, 3.05) is 5.73 Å². The van der Waals surface area contributed by atoms with Gasteiger partial charge in [-0.3, -0.25) is 0 Å². The Morgan fingerprint density at radius 3 is 2.94 bits per heavy atom. The number of nitrogen functional groups attached to an aromatic ring is 1. The van der Waals surface area contributed by atoms with E-state index in [4.69, 9.17) is 17.3 Å². The minimum atomic E-state index is -0.309. The van der Waals surface area contributed by atoms with Crippen LogP contribution >= 0.6 is 11.6 Å². The van der Waals surface area contributed by atoms with Crippen molar-refractivity contribution in [3.05, 3.63) is 40.3 Å². The number of rotatable bonds is 4. The largest absolute Gasteiger partial charge is 0.381 e. The van der Waals surface area contributed by atoms with Crippen molar-refractivity contribution in [3.8, 4) is 0 Å². The van der Waals surface area contributed by atoms with Crippen molar-refractivity contribution in [1.29, 1.82) is 0 Å². The van der Waals surface area contributed by atoms with Crippen LogP contribution in [-0.2, 0) is 13.0 Å². The highest BCUT2D eigenvalue weighted by atomic mass is 35.5. The third-order valence-corrected chi connectivity index (χ3v) is 2.92. The topological polar surface area (TPSA) is 56.7 Å². The molecule has 0 unspecified atom stereocenters. The number of hydrogen-bond donors (Lipinski definition) is 1. The van der Waals surface area contributed by atoms with Crippen molar-refractivity contribution < 1.29 is 4.39 Å². The molecule has 0 amide bonds. The lowest BCUT2D eigenvalue weighted by Crippen LogP contribution is -2.08. The third kappa shape index (κ3) is 2.61. The Hall–Kier alpha value is -1.62. The van der Waals surface area contributed by atoms with Crippen LogP contribution in [0.25, 0.3) is 0 Å². The van der Waals surface area contributed by atoms with Crippen LogP contribution in [0, 0.1) is 5.82 Å². The number of anilines is 1. The summed E-state index contributed by atoms with van der Waals surface area (Å²) in [5.74, 6) is 0.0928. The Bertz CT molecular complexity index is 553. The molecule has 0 saturated heterocycles. The van der Waals surface area contributed by atoms with Crippen LogP contribution in [0.5, 0.6) is 0 Å². The fraction of sp³-hybridized carbons (Fsp3) is 0.333. The van der Waals surface area contributed by atoms with Gasteiger partial charge in [-0.2, -0.15) is 0 Å². The molecule has 2 N–H and O–H groups in total. The predicted molar refractivity (Wildman–Crippen MR) is 68.9 cm³/mol. The van der Waals surface area contributed by atoms with Gasteiger partial charge in [0.05, 0.1) is 12.2 Å². The molecule has 0 fully saturated rings. The normalized spacial score (nSPS) is 10.8. The van der Waals surface area contributed by atoms with Crippen LogP contribution in [0.1, 0.15) is 24.6 Å². The molecule has 0 aliphatic carbocycles. The van der Waals surface area contributed by atoms with Crippen LogP contribution in [0.15, 0.2) is 18.2 Å². The maximum absolute atomic E-state index is 13.6. The number of halogens is 2. The van der Waals surface area contributed by atoms with E-state index < -0.39 is 0 Å². The molecule has 0 radical (unpaired) electrons. The quantitative estimate of drug-likeness (QED) is 0.927. The van der Waals surface area contributed by atoms with Crippen LogP contribution in [0.2, 0.25) is 5.02 Å². The number of aromatic nitrogens is 3. The average molecular weight is 269 g/mol. The second-order valence-corrected chi connectivity index (χ2v) is 4.50. The van der Waals surface area contributed by atoms with Crippen LogP contribution in [0.3, 0.4) is 0 Å². The SMILES string of the molecule is CCCc1c(N)nnn1Cc1cc(Cl)ccc1F. The minimum absolute atomic E-state index is 0.284. The molecule has 0 aliphatic heterocycles. The van der Waals surface area contributed by atoms with Crippen molar-refractivity contribution in [3.63, 3.8) is 0 Å². The van der Waals surface area contributed by atoms with E-state index in [9.17, 15) is 4.39 Å². The predicted octanol–water partition coefficient (Wildman–Crippen LogP) is 2.65. The van der Waals surface area contributed by atoms with Gasteiger partial charge in [-0.15, -0.1) is 5.10 Å². The number of hydrogen-bond acceptors (Lipinski definition) is 3. The van der Waals surface area contributed by atoms with Crippen molar-refractivity contribution in [2.45, 2.75) is 26.3 Å². The Labute approximate surface area is 110 Å². The van der Waals surface area contributed by atoms with E-state index in [1.54, 1.807) is 10.7 Å². The summed E-state index contributed by atoms with van der Waals surface area (Å²) in [6.07, 6.45) is 1.69. The smallest absolute Gasteiger partial charge is 0.169 e. The Morgan fingerprint density at radius 2 is 2.22 bits per heavy atom. The molecule has 1 aromatic carbocycles. The van der Waals surface area contributed by atoms with E-state index in [0.717, 1.165) is 18.5 Å². The summed E-state index contributed by atoms with van der Waals surface area (Å²) in [6, 6.07) is 4.45. The minimum Gasteiger partial charge on any atom is -0.381 e. The fourth-order valence-electron chi connectivity index (χ4n) is 1.79. The van der Waals surface area contributed by atoms with E-state index in [0.29, 0.717) is 16.4 Å². The zero-order chi connectivity index (χ0) is 13.1. The number of benzene rings is 1. The first-order valence-corrected chi connectivity index (χ1v) is 6.11. The molecule has 2 rings (SSSR count). The summed E-state index contributed by atoms with van der Waals surface area (Å²) in [5.41, 5.74) is 7.04. The molecule has 0 atom stereocenters. The van der Waals surface area contributed by atoms with E-state index >= 15 is 0 Å². The van der Waals surface area contributed by atoms with Gasteiger partial charge >= 0.3 is 0 Å². The lowest BCUT2D eigenvalue weighted by atomic mass is 10.2. The molecule has 0 aliphatic rings. The van der Waals surface area contributed by atoms with Crippen molar-refractivity contribution in [1.82, 2.24) is 15.0 Å². The first-order valence-electron chi connectivity index (χ1n) is 5.73. The van der Waals surface area contributed by atoms with Gasteiger partial charge in [0.1, 0.15) is 5.82 Å². The highest BCUT2D eigenvalue weighted by Crippen LogP contribution is 2.18. The van der Waals surface area contributed by atoms with E-state index in [-0.39, 0.29) is 12.4 Å². The summed E-state index contributed by atoms with van der Waals surface area (Å²) in [7, 11) is 0. The zero-order valence-electron chi connectivity index (χ0n) is 10.0. The van der Waals surface area contributed by atoms with Crippen molar-refractivity contribution >= 4 is 17.4 Å². The Balaban J connectivity index is 2.31. The molecule has 18 heavy (non-hydrogen) atoms. The summed E-state index contributed by atoms with van der Waals surface area (Å²) in [4.78, 5) is 0. The van der Waals surface area contributed by atoms with Gasteiger partial charge in [0.25, 0.3) is 0 Å². The number of nitrogens with two attached hydrogens (primary N) is 1. The average Bonchev–Trinajstić information content (AvgIpc) is 2.67. The molecule has 1 heterocycles. The summed E-state index contributed by atoms with van der Waals surface area (Å²) in [5, 5.41) is 8.25. The van der Waals surface area contributed by atoms with Gasteiger partial charge in [-0.25, -0.2) is 9.07 Å². The summed E-state index contributed by atoms with van der Waals surface area (Å²) < 4.78 is 15.2. The molecule has 0 saturated carbocycles. The van der Waals surface area contributed by atoms with Crippen LogP contribution < -0.4 is 5.73 Å². The molecule has 0 bridgehead atoms. The first kappa shape index (κ1) is 12.8. The van der Waals surface area contributed by atoms with Crippen LogP contribution in [0.4, 0.5) is 10.2 Å². The second-order valence-electron chi connectivity index (χ2n) is 4.06. The molecule has 2 aromatic rings. The second kappa shape index (κ2) is 5.35. The first-order chi connectivity index (χ1) is 8.61. The van der Waals surface area contributed by atoms with E-state index in [2.05, 4.69) is 10.3 Å². The standard InChI is InChI=1S/C12H14ClFN4/c1-2-3-11-12(15)16-17-18(11)7-8-6-9(13)4-5-10(8)14/h4-6H,2-3,7,15H2,1H3. The molecule has 0 spiro atoms. The monoisotopic (exact) mass is 268 g/mol. The Kier molecular flexibility index (Phi) is 3.81. The fourth-order valence-corrected chi connectivity index (χ4v) is 1.99. The van der Waals surface area contributed by atoms with Gasteiger partial charge in [-0.1, -0.05) is 30.2 Å². The van der Waals surface area contributed by atoms with Crippen molar-refractivity contribution in [2.24, 2.45) is 0 Å². The highest BCUT2D eigenvalue weighted by Gasteiger charge is 2.11. The maximum atomic E-state index is 13.6. The number of nitrogens with zero attached hydrogens (tertiary/aromatic N) is 3.